The van der Waals surface area contributed by atoms with Gasteiger partial charge < -0.3 is 33.5 Å². The van der Waals surface area contributed by atoms with Crippen molar-refractivity contribution in [1.29, 1.82) is 0 Å². The van der Waals surface area contributed by atoms with Gasteiger partial charge in [0.05, 0.1) is 30.3 Å². The fourth-order valence-electron chi connectivity index (χ4n) is 10.9. The number of Topliss-reactive ketones (excluding diaryl/α,β-unsaturated/α-hetero) is 1. The molecule has 1 aliphatic heterocycles. The predicted octanol–water partition coefficient (Wildman–Crippen LogP) is 7.37. The Kier molecular flexibility index (Phi) is 12.8. The number of hydrogen-bond acceptors (Lipinski definition) is 13. The minimum Gasteiger partial charge on any atom is -0.458 e. The summed E-state index contributed by atoms with van der Waals surface area (Å²) in [5.41, 5.74) is -4.14. The second-order valence-electron chi connectivity index (χ2n) is 18.6. The van der Waals surface area contributed by atoms with Crippen molar-refractivity contribution in [3.63, 3.8) is 0 Å². The van der Waals surface area contributed by atoms with Gasteiger partial charge in [0.2, 0.25) is 0 Å². The van der Waals surface area contributed by atoms with Gasteiger partial charge in [-0.25, -0.2) is 9.59 Å². The second kappa shape index (κ2) is 18.3. The molecule has 1 N–H and O–H groups in total. The van der Waals surface area contributed by atoms with Crippen LogP contribution in [0, 0.1) is 16.7 Å². The molecule has 1 saturated heterocycles. The van der Waals surface area contributed by atoms with Crippen LogP contribution in [0.4, 0.5) is 0 Å². The molecule has 3 fully saturated rings. The molecule has 4 aliphatic rings. The summed E-state index contributed by atoms with van der Waals surface area (Å²) < 4.78 is 38.0. The molecule has 8 rings (SSSR count). The van der Waals surface area contributed by atoms with Gasteiger partial charge >= 0.3 is 23.9 Å². The number of carbonyl (C=O) groups excluding carboxylic acids is 6. The summed E-state index contributed by atoms with van der Waals surface area (Å²) in [6.07, 6.45) is -4.26. The van der Waals surface area contributed by atoms with E-state index in [1.54, 1.807) is 94.4 Å². The summed E-state index contributed by atoms with van der Waals surface area (Å²) in [5.74, 6) is -5.27. The van der Waals surface area contributed by atoms with E-state index in [1.165, 1.54) is 38.1 Å². The smallest absolute Gasteiger partial charge is 0.339 e. The summed E-state index contributed by atoms with van der Waals surface area (Å²) >= 11 is 0. The Hall–Kier alpha value is -6.54. The molecule has 4 aromatic rings. The first kappa shape index (κ1) is 47.0. The number of ketones is 2. The Morgan fingerprint density at radius 1 is 0.761 bits per heavy atom. The number of rotatable bonds is 12. The maximum absolute atomic E-state index is 16.3. The third-order valence-corrected chi connectivity index (χ3v) is 14.3. The average molecular weight is 911 g/mol. The van der Waals surface area contributed by atoms with Gasteiger partial charge in [-0.1, -0.05) is 117 Å². The highest BCUT2D eigenvalue weighted by Crippen LogP contribution is 2.65. The third-order valence-electron chi connectivity index (χ3n) is 14.3. The van der Waals surface area contributed by atoms with Gasteiger partial charge in [-0.05, 0) is 54.3 Å². The topological polar surface area (TPSA) is 178 Å². The summed E-state index contributed by atoms with van der Waals surface area (Å²) in [6.45, 7) is 8.86. The molecule has 4 aromatic carbocycles. The molecule has 0 aromatic heterocycles. The predicted molar refractivity (Wildman–Crippen MR) is 243 cm³/mol. The second-order valence-corrected chi connectivity index (χ2v) is 18.6. The first-order chi connectivity index (χ1) is 31.9. The summed E-state index contributed by atoms with van der Waals surface area (Å²) in [5, 5.41) is 13.8. The zero-order chi connectivity index (χ0) is 47.9. The van der Waals surface area contributed by atoms with Crippen molar-refractivity contribution in [2.45, 2.75) is 103 Å². The molecule has 2 bridgehead atoms. The molecule has 348 valence electrons. The van der Waals surface area contributed by atoms with Crippen molar-refractivity contribution in [1.82, 2.24) is 0 Å². The number of aliphatic hydroxyl groups is 1. The van der Waals surface area contributed by atoms with E-state index in [2.05, 4.69) is 0 Å². The first-order valence-corrected chi connectivity index (χ1v) is 22.4. The van der Waals surface area contributed by atoms with Crippen molar-refractivity contribution in [3.05, 3.63) is 160 Å². The van der Waals surface area contributed by atoms with Crippen LogP contribution in [-0.2, 0) is 54.2 Å². The highest BCUT2D eigenvalue weighted by molar-refractivity contribution is 6.09. The molecule has 13 nitrogen and oxygen atoms in total. The number of hydrogen-bond donors (Lipinski definition) is 1. The van der Waals surface area contributed by atoms with E-state index >= 15 is 4.79 Å². The molecule has 0 radical (unpaired) electrons. The number of ether oxygens (including phenoxy) is 6. The van der Waals surface area contributed by atoms with E-state index < -0.39 is 88.1 Å². The molecular formula is C54H54O13. The van der Waals surface area contributed by atoms with E-state index in [4.69, 9.17) is 28.4 Å². The van der Waals surface area contributed by atoms with Gasteiger partial charge in [-0.2, -0.15) is 0 Å². The minimum absolute atomic E-state index is 0.0854. The minimum atomic E-state index is -2.08. The molecule has 2 saturated carbocycles. The summed E-state index contributed by atoms with van der Waals surface area (Å²) in [7, 11) is 0. The Morgan fingerprint density at radius 3 is 1.94 bits per heavy atom. The zero-order valence-corrected chi connectivity index (χ0v) is 38.3. The van der Waals surface area contributed by atoms with E-state index in [9.17, 15) is 29.1 Å². The summed E-state index contributed by atoms with van der Waals surface area (Å²) in [6, 6.07) is 32.8. The van der Waals surface area contributed by atoms with Crippen LogP contribution >= 0.6 is 0 Å². The monoisotopic (exact) mass is 910 g/mol. The number of carbonyl (C=O) groups is 6. The van der Waals surface area contributed by atoms with Crippen molar-refractivity contribution < 1.29 is 62.3 Å². The SMILES string of the molecule is CC(=O)O[C@H]1C[C@@]2(O)[C@@H](OCc3ccccc3)[C@@H]3[C@]4(OC(C)=O)CO[C@@H]4C[C@H](OC(=O)/C=C/c4ccc(C(=O)c5ccccc5)cc4)[C@@]3(C)C(=O)[C@H](OC(=O)c3ccccc3)C(=C1C)C2(C)C. The standard InChI is InChI=1S/C54H54O13/c1-32-40(64-33(2)55)29-54(61)49(62-30-36-16-10-7-11-17-36)47-52(6,48(59)46(44(32)51(54,4)5)66-50(60)39-20-14-9-15-21-39)41(28-42-53(47,31-63-42)67-34(3)56)65-43(57)27-24-35-22-25-38(26-23-35)45(58)37-18-12-8-13-19-37/h7-27,40-42,46-47,49,61H,28-31H2,1-6H3/b27-24+/t40-,41-,42+,46+,47-,49-,52+,53-,54+/m0/s1. The van der Waals surface area contributed by atoms with Gasteiger partial charge in [0.1, 0.15) is 23.9 Å². The third kappa shape index (κ3) is 8.45. The van der Waals surface area contributed by atoms with Gasteiger partial charge in [0, 0.05) is 55.2 Å². The van der Waals surface area contributed by atoms with Crippen LogP contribution in [0.3, 0.4) is 0 Å². The normalized spacial score (nSPS) is 29.5. The maximum atomic E-state index is 16.3. The van der Waals surface area contributed by atoms with Crippen molar-refractivity contribution in [2.24, 2.45) is 16.7 Å². The Labute approximate surface area is 389 Å². The molecule has 67 heavy (non-hydrogen) atoms. The van der Waals surface area contributed by atoms with Gasteiger partial charge in [0.25, 0.3) is 0 Å². The van der Waals surface area contributed by atoms with Crippen LogP contribution in [0.15, 0.2) is 132 Å². The van der Waals surface area contributed by atoms with Crippen LogP contribution in [0.2, 0.25) is 0 Å². The molecule has 1 heterocycles. The molecule has 0 unspecified atom stereocenters. The molecule has 0 amide bonds. The average Bonchev–Trinajstić information content (AvgIpc) is 3.30. The molecule has 9 atom stereocenters. The van der Waals surface area contributed by atoms with Crippen LogP contribution in [0.25, 0.3) is 6.08 Å². The Morgan fingerprint density at radius 2 is 1.36 bits per heavy atom. The van der Waals surface area contributed by atoms with Crippen molar-refractivity contribution in [2.75, 3.05) is 6.61 Å². The summed E-state index contributed by atoms with van der Waals surface area (Å²) in [4.78, 5) is 83.8. The lowest BCUT2D eigenvalue weighted by atomic mass is 9.44. The molecule has 0 spiro atoms. The maximum Gasteiger partial charge on any atom is 0.339 e. The van der Waals surface area contributed by atoms with Crippen LogP contribution < -0.4 is 0 Å². The lowest BCUT2D eigenvalue weighted by molar-refractivity contribution is -0.351. The van der Waals surface area contributed by atoms with Crippen molar-refractivity contribution in [3.8, 4) is 0 Å². The fourth-order valence-corrected chi connectivity index (χ4v) is 10.9. The lowest BCUT2D eigenvalue weighted by Gasteiger charge is -2.68. The fraction of sp³-hybridized carbons (Fsp3) is 0.370. The molecule has 13 heteroatoms. The molecular weight excluding hydrogens is 857 g/mol. The first-order valence-electron chi connectivity index (χ1n) is 22.4. The number of esters is 4. The molecule has 3 aliphatic carbocycles. The van der Waals surface area contributed by atoms with E-state index in [1.807, 2.05) is 36.4 Å². The quantitative estimate of drug-likeness (QED) is 0.0490. The van der Waals surface area contributed by atoms with Crippen LogP contribution in [0.5, 0.6) is 0 Å². The van der Waals surface area contributed by atoms with Gasteiger partial charge in [-0.15, -0.1) is 0 Å². The zero-order valence-electron chi connectivity index (χ0n) is 38.3. The van der Waals surface area contributed by atoms with E-state index in [-0.39, 0.29) is 43.0 Å². The van der Waals surface area contributed by atoms with E-state index in [0.717, 1.165) is 5.56 Å². The van der Waals surface area contributed by atoms with Crippen molar-refractivity contribution >= 4 is 41.5 Å². The van der Waals surface area contributed by atoms with Crippen LogP contribution in [0.1, 0.15) is 91.8 Å². The highest BCUT2D eigenvalue weighted by Gasteiger charge is 2.78. The number of benzene rings is 4. The number of fused-ring (bicyclic) bond motifs is 5. The van der Waals surface area contributed by atoms with Gasteiger partial charge in [-0.3, -0.25) is 19.2 Å². The largest absolute Gasteiger partial charge is 0.458 e. The lowest BCUT2D eigenvalue weighted by Crippen LogP contribution is -2.82. The Bertz CT molecular complexity index is 2620. The highest BCUT2D eigenvalue weighted by atomic mass is 16.6. The van der Waals surface area contributed by atoms with Crippen LogP contribution in [-0.4, -0.2) is 88.9 Å². The van der Waals surface area contributed by atoms with E-state index in [0.29, 0.717) is 22.3 Å². The van der Waals surface area contributed by atoms with Gasteiger partial charge in [0.15, 0.2) is 23.3 Å². The Balaban J connectivity index is 1.27.